The van der Waals surface area contributed by atoms with Crippen molar-refractivity contribution >= 4 is 15.9 Å². The van der Waals surface area contributed by atoms with Crippen molar-refractivity contribution in [3.63, 3.8) is 0 Å². The largest absolute Gasteiger partial charge is 0.497 e. The minimum absolute atomic E-state index is 0.253. The Balaban J connectivity index is 1.98. The third-order valence-electron chi connectivity index (χ3n) is 2.33. The van der Waals surface area contributed by atoms with Crippen LogP contribution in [0.5, 0.6) is 5.75 Å². The van der Waals surface area contributed by atoms with Crippen LogP contribution >= 0.6 is 15.9 Å². The highest BCUT2D eigenvalue weighted by Gasteiger charge is 2.19. The molecule has 0 spiro atoms. The zero-order chi connectivity index (χ0) is 10.7. The minimum atomic E-state index is 0.253. The van der Waals surface area contributed by atoms with Gasteiger partial charge >= 0.3 is 0 Å². The van der Waals surface area contributed by atoms with Crippen LogP contribution in [-0.2, 0) is 16.1 Å². The molecule has 0 aliphatic carbocycles. The first-order valence-electron chi connectivity index (χ1n) is 4.81. The lowest BCUT2D eigenvalue weighted by Crippen LogP contribution is -2.35. The van der Waals surface area contributed by atoms with Crippen LogP contribution in [0.15, 0.2) is 22.7 Å². The summed E-state index contributed by atoms with van der Waals surface area (Å²) in [5, 5.41) is 0. The average Bonchev–Trinajstić information content (AvgIpc) is 2.18. The maximum Gasteiger partial charge on any atom is 0.119 e. The van der Waals surface area contributed by atoms with Crippen molar-refractivity contribution in [1.82, 2.24) is 0 Å². The standard InChI is InChI=1S/C11H13BrO3/c1-13-9-2-3-11(12)8(4-9)5-15-10-6-14-7-10/h2-4,10H,5-7H2,1H3. The molecular weight excluding hydrogens is 260 g/mol. The number of halogens is 1. The highest BCUT2D eigenvalue weighted by molar-refractivity contribution is 9.10. The van der Waals surface area contributed by atoms with E-state index in [1.54, 1.807) is 7.11 Å². The lowest BCUT2D eigenvalue weighted by atomic mass is 10.2. The van der Waals surface area contributed by atoms with Gasteiger partial charge in [0.15, 0.2) is 0 Å². The summed E-state index contributed by atoms with van der Waals surface area (Å²) in [4.78, 5) is 0. The van der Waals surface area contributed by atoms with Crippen LogP contribution in [-0.4, -0.2) is 26.4 Å². The van der Waals surface area contributed by atoms with Crippen LogP contribution in [0.1, 0.15) is 5.56 Å². The maximum atomic E-state index is 5.63. The molecular formula is C11H13BrO3. The van der Waals surface area contributed by atoms with E-state index in [9.17, 15) is 0 Å². The Morgan fingerprint density at radius 1 is 1.47 bits per heavy atom. The van der Waals surface area contributed by atoms with Gasteiger partial charge in [-0.1, -0.05) is 15.9 Å². The predicted molar refractivity (Wildman–Crippen MR) is 60.1 cm³/mol. The molecule has 0 N–H and O–H groups in total. The third kappa shape index (κ3) is 2.71. The van der Waals surface area contributed by atoms with E-state index >= 15 is 0 Å². The Bertz CT molecular complexity index is 337. The molecule has 1 aliphatic rings. The first kappa shape index (κ1) is 10.9. The Morgan fingerprint density at radius 2 is 2.27 bits per heavy atom. The molecule has 0 radical (unpaired) electrons. The second kappa shape index (κ2) is 4.96. The molecule has 2 rings (SSSR count). The van der Waals surface area contributed by atoms with Gasteiger partial charge in [-0.2, -0.15) is 0 Å². The van der Waals surface area contributed by atoms with Crippen LogP contribution in [0, 0.1) is 0 Å². The van der Waals surface area contributed by atoms with Crippen molar-refractivity contribution in [1.29, 1.82) is 0 Å². The summed E-state index contributed by atoms with van der Waals surface area (Å²) in [6.45, 7) is 2.01. The topological polar surface area (TPSA) is 27.7 Å². The van der Waals surface area contributed by atoms with Crippen LogP contribution in [0.25, 0.3) is 0 Å². The Labute approximate surface area is 97.5 Å². The van der Waals surface area contributed by atoms with Crippen molar-refractivity contribution in [2.75, 3.05) is 20.3 Å². The van der Waals surface area contributed by atoms with Gasteiger partial charge in [-0.25, -0.2) is 0 Å². The number of hydrogen-bond acceptors (Lipinski definition) is 3. The molecule has 0 saturated carbocycles. The number of ether oxygens (including phenoxy) is 3. The quantitative estimate of drug-likeness (QED) is 0.843. The fourth-order valence-corrected chi connectivity index (χ4v) is 1.67. The summed E-state index contributed by atoms with van der Waals surface area (Å²) in [7, 11) is 1.66. The molecule has 0 atom stereocenters. The summed E-state index contributed by atoms with van der Waals surface area (Å²) < 4.78 is 16.9. The SMILES string of the molecule is COc1ccc(Br)c(COC2COC2)c1. The summed E-state index contributed by atoms with van der Waals surface area (Å²) in [6.07, 6.45) is 0.253. The van der Waals surface area contributed by atoms with Crippen LogP contribution < -0.4 is 4.74 Å². The van der Waals surface area contributed by atoms with Gasteiger partial charge in [0.1, 0.15) is 11.9 Å². The molecule has 0 unspecified atom stereocenters. The maximum absolute atomic E-state index is 5.63. The predicted octanol–water partition coefficient (Wildman–Crippen LogP) is 2.37. The lowest BCUT2D eigenvalue weighted by molar-refractivity contribution is -0.135. The van der Waals surface area contributed by atoms with Gasteiger partial charge in [0.25, 0.3) is 0 Å². The first-order valence-corrected chi connectivity index (χ1v) is 5.60. The molecule has 3 nitrogen and oxygen atoms in total. The van der Waals surface area contributed by atoms with Gasteiger partial charge in [0.2, 0.25) is 0 Å². The molecule has 1 fully saturated rings. The van der Waals surface area contributed by atoms with E-state index in [1.165, 1.54) is 0 Å². The number of methoxy groups -OCH3 is 1. The highest BCUT2D eigenvalue weighted by Crippen LogP contribution is 2.24. The number of benzene rings is 1. The van der Waals surface area contributed by atoms with E-state index in [0.717, 1.165) is 15.8 Å². The van der Waals surface area contributed by atoms with Gasteiger partial charge in [0, 0.05) is 4.47 Å². The summed E-state index contributed by atoms with van der Waals surface area (Å²) in [5.74, 6) is 0.849. The molecule has 0 amide bonds. The van der Waals surface area contributed by atoms with Gasteiger partial charge in [-0.15, -0.1) is 0 Å². The number of rotatable bonds is 4. The third-order valence-corrected chi connectivity index (χ3v) is 3.11. The van der Waals surface area contributed by atoms with Crippen molar-refractivity contribution in [2.45, 2.75) is 12.7 Å². The Kier molecular flexibility index (Phi) is 3.61. The van der Waals surface area contributed by atoms with Crippen LogP contribution in [0.3, 0.4) is 0 Å². The van der Waals surface area contributed by atoms with Gasteiger partial charge < -0.3 is 14.2 Å². The molecule has 0 aromatic heterocycles. The van der Waals surface area contributed by atoms with Gasteiger partial charge in [-0.05, 0) is 23.8 Å². The first-order chi connectivity index (χ1) is 7.29. The summed E-state index contributed by atoms with van der Waals surface area (Å²) in [6, 6.07) is 5.86. The fraction of sp³-hybridized carbons (Fsp3) is 0.455. The van der Waals surface area contributed by atoms with E-state index < -0.39 is 0 Å². The Morgan fingerprint density at radius 3 is 2.87 bits per heavy atom. The minimum Gasteiger partial charge on any atom is -0.497 e. The lowest BCUT2D eigenvalue weighted by Gasteiger charge is -2.26. The van der Waals surface area contributed by atoms with Crippen molar-refractivity contribution in [3.05, 3.63) is 28.2 Å². The monoisotopic (exact) mass is 272 g/mol. The smallest absolute Gasteiger partial charge is 0.119 e. The summed E-state index contributed by atoms with van der Waals surface area (Å²) >= 11 is 3.48. The molecule has 1 aliphatic heterocycles. The van der Waals surface area contributed by atoms with Crippen molar-refractivity contribution in [3.8, 4) is 5.75 Å². The molecule has 4 heteroatoms. The highest BCUT2D eigenvalue weighted by atomic mass is 79.9. The van der Waals surface area contributed by atoms with Gasteiger partial charge in [0.05, 0.1) is 26.9 Å². The number of hydrogen-bond donors (Lipinski definition) is 0. The van der Waals surface area contributed by atoms with E-state index in [-0.39, 0.29) is 6.10 Å². The molecule has 1 heterocycles. The van der Waals surface area contributed by atoms with E-state index in [1.807, 2.05) is 18.2 Å². The molecule has 0 bridgehead atoms. The van der Waals surface area contributed by atoms with Crippen LogP contribution in [0.4, 0.5) is 0 Å². The van der Waals surface area contributed by atoms with E-state index in [0.29, 0.717) is 19.8 Å². The Hall–Kier alpha value is -0.580. The molecule has 1 saturated heterocycles. The zero-order valence-electron chi connectivity index (χ0n) is 8.53. The van der Waals surface area contributed by atoms with Crippen molar-refractivity contribution in [2.24, 2.45) is 0 Å². The average molecular weight is 273 g/mol. The zero-order valence-corrected chi connectivity index (χ0v) is 10.1. The summed E-state index contributed by atoms with van der Waals surface area (Å²) in [5.41, 5.74) is 1.10. The molecule has 1 aromatic rings. The second-order valence-corrected chi connectivity index (χ2v) is 4.28. The molecule has 82 valence electrons. The molecule has 15 heavy (non-hydrogen) atoms. The van der Waals surface area contributed by atoms with E-state index in [4.69, 9.17) is 14.2 Å². The second-order valence-electron chi connectivity index (χ2n) is 3.43. The van der Waals surface area contributed by atoms with Gasteiger partial charge in [-0.3, -0.25) is 0 Å². The fourth-order valence-electron chi connectivity index (χ4n) is 1.31. The normalized spacial score (nSPS) is 16.1. The van der Waals surface area contributed by atoms with Crippen molar-refractivity contribution < 1.29 is 14.2 Å². The van der Waals surface area contributed by atoms with E-state index in [2.05, 4.69) is 15.9 Å². The molecule has 1 aromatic carbocycles. The van der Waals surface area contributed by atoms with Crippen LogP contribution in [0.2, 0.25) is 0 Å².